The van der Waals surface area contributed by atoms with E-state index in [4.69, 9.17) is 33.7 Å². The van der Waals surface area contributed by atoms with Gasteiger partial charge in [-0.1, -0.05) is 13.8 Å². The highest BCUT2D eigenvalue weighted by Crippen LogP contribution is 2.44. The van der Waals surface area contributed by atoms with Crippen molar-refractivity contribution in [2.75, 3.05) is 46.8 Å². The van der Waals surface area contributed by atoms with E-state index in [9.17, 15) is 19.5 Å². The highest BCUT2D eigenvalue weighted by atomic mass is 16.6. The number of esters is 2. The molecule has 0 aliphatic carbocycles. The number of fused-ring (bicyclic) bond motifs is 8. The summed E-state index contributed by atoms with van der Waals surface area (Å²) < 4.78 is 27.8. The van der Waals surface area contributed by atoms with E-state index in [0.717, 1.165) is 51.1 Å². The van der Waals surface area contributed by atoms with Gasteiger partial charge in [-0.2, -0.15) is 0 Å². The van der Waals surface area contributed by atoms with Crippen molar-refractivity contribution in [1.29, 1.82) is 0 Å². The molecule has 13 nitrogen and oxygen atoms in total. The zero-order valence-electron chi connectivity index (χ0n) is 31.4. The maximum Gasteiger partial charge on any atom is 0.350 e. The lowest BCUT2D eigenvalue weighted by molar-refractivity contribution is -0.137. The third-order valence-corrected chi connectivity index (χ3v) is 10.5. The number of hydrogen-bond acceptors (Lipinski definition) is 10. The largest absolute Gasteiger partial charge is 0.481 e. The number of aryl methyl sites for hydroxylation is 2. The lowest BCUT2D eigenvalue weighted by atomic mass is 9.85. The number of cyclic esters (lactones) is 2. The molecule has 3 atom stereocenters. The van der Waals surface area contributed by atoms with E-state index >= 15 is 0 Å². The number of carbonyl (C=O) groups excluding carboxylic acids is 2. The molecule has 53 heavy (non-hydrogen) atoms. The van der Waals surface area contributed by atoms with E-state index in [-0.39, 0.29) is 36.0 Å². The summed E-state index contributed by atoms with van der Waals surface area (Å²) in [5, 5.41) is 9.65. The number of rotatable bonds is 15. The van der Waals surface area contributed by atoms with Gasteiger partial charge in [-0.25, -0.2) is 14.6 Å². The van der Waals surface area contributed by atoms with Crippen molar-refractivity contribution < 1.29 is 43.2 Å². The van der Waals surface area contributed by atoms with Gasteiger partial charge in [0.25, 0.3) is 0 Å². The molecule has 0 spiro atoms. The molecule has 0 saturated heterocycles. The Labute approximate surface area is 308 Å². The van der Waals surface area contributed by atoms with Crippen molar-refractivity contribution in [3.05, 3.63) is 68.8 Å². The van der Waals surface area contributed by atoms with Gasteiger partial charge in [0.05, 0.1) is 73.9 Å². The molecule has 0 aromatic carbocycles. The fourth-order valence-electron chi connectivity index (χ4n) is 7.58. The van der Waals surface area contributed by atoms with Crippen molar-refractivity contribution >= 4 is 51.1 Å². The molecule has 3 aliphatic rings. The van der Waals surface area contributed by atoms with Crippen LogP contribution in [0.3, 0.4) is 0 Å². The number of carbonyl (C=O) groups is 3. The van der Waals surface area contributed by atoms with Crippen LogP contribution in [0.1, 0.15) is 125 Å². The van der Waals surface area contributed by atoms with Crippen molar-refractivity contribution in [2.45, 2.75) is 78.7 Å². The number of hydrogen-bond donors (Lipinski definition) is 3. The monoisotopic (exact) mass is 728 g/mol. The Morgan fingerprint density at radius 2 is 1.55 bits per heavy atom. The van der Waals surface area contributed by atoms with Gasteiger partial charge in [0.2, 0.25) is 0 Å². The summed E-state index contributed by atoms with van der Waals surface area (Å²) in [5.74, 6) is -3.17. The lowest BCUT2D eigenvalue weighted by Gasteiger charge is -2.18. The molecule has 8 bridgehead atoms. The predicted molar refractivity (Wildman–Crippen MR) is 199 cm³/mol. The molecule has 0 saturated carbocycles. The molecule has 0 fully saturated rings. The van der Waals surface area contributed by atoms with E-state index in [1.165, 1.54) is 0 Å². The van der Waals surface area contributed by atoms with Gasteiger partial charge in [0.1, 0.15) is 5.56 Å². The van der Waals surface area contributed by atoms with Gasteiger partial charge in [0, 0.05) is 53.2 Å². The second-order valence-corrected chi connectivity index (χ2v) is 13.7. The third-order valence-electron chi connectivity index (χ3n) is 10.5. The summed E-state index contributed by atoms with van der Waals surface area (Å²) in [4.78, 5) is 55.6. The number of ether oxygens (including phenoxy) is 5. The van der Waals surface area contributed by atoms with Gasteiger partial charge >= 0.3 is 17.9 Å². The molecule has 6 rings (SSSR count). The first-order valence-corrected chi connectivity index (χ1v) is 18.2. The molecule has 0 radical (unpaired) electrons. The number of methoxy groups -OCH3 is 1. The van der Waals surface area contributed by atoms with Crippen molar-refractivity contribution in [2.24, 2.45) is 0 Å². The van der Waals surface area contributed by atoms with Gasteiger partial charge in [-0.05, 0) is 81.0 Å². The standard InChI is InChI=1S/C40H48N4O9/c1-8-25-20(2)27-19-32-34(24(6)52-16-15-51-14-13-50-12-11-49-7)22(4)29(42-32)17-28-21(3)26(9-10-33(45)46)37(43-28)36-38-35(39(47)53-40(36)48)23(5)30(44-38)18-31(25)41-27/h17-19,21,24,26,42,44H,8-16H2,1-7H3,(H,45,46)/t21-,24?,26-/m0/s1. The van der Waals surface area contributed by atoms with Crippen molar-refractivity contribution in [3.8, 4) is 0 Å². The first-order valence-electron chi connectivity index (χ1n) is 18.2. The zero-order valence-corrected chi connectivity index (χ0v) is 31.4. The smallest absolute Gasteiger partial charge is 0.350 e. The molecule has 6 heterocycles. The fraction of sp³-hybridized carbons (Fsp3) is 0.475. The SMILES string of the molecule is CCC1=C(C)c2cc3[nH]c(cc4nc(c5c6[nH]c(cc1n2)c(C)c6C(=O)OC5=O)[C@@H](CCC(=O)O)[C@@H]4C)c(C)c3C(C)OCCOCCOCCOC. The zero-order chi connectivity index (χ0) is 38.0. The van der Waals surface area contributed by atoms with Crippen LogP contribution in [-0.4, -0.2) is 89.7 Å². The number of H-pyrrole nitrogens is 2. The minimum atomic E-state index is -0.949. The third kappa shape index (κ3) is 7.56. The van der Waals surface area contributed by atoms with E-state index in [1.807, 2.05) is 45.9 Å². The second kappa shape index (κ2) is 16.1. The van der Waals surface area contributed by atoms with Crippen molar-refractivity contribution in [3.63, 3.8) is 0 Å². The Bertz CT molecular complexity index is 2130. The molecule has 13 heteroatoms. The van der Waals surface area contributed by atoms with Crippen LogP contribution in [0.4, 0.5) is 0 Å². The Hall–Kier alpha value is -4.69. The first-order chi connectivity index (χ1) is 25.4. The fourth-order valence-corrected chi connectivity index (χ4v) is 7.58. The lowest BCUT2D eigenvalue weighted by Crippen LogP contribution is -2.21. The number of carboxylic acids is 1. The molecular weight excluding hydrogens is 680 g/mol. The molecule has 3 aliphatic heterocycles. The molecule has 0 amide bonds. The molecule has 282 valence electrons. The first kappa shape index (κ1) is 38.0. The highest BCUT2D eigenvalue weighted by Gasteiger charge is 2.38. The maximum absolute atomic E-state index is 13.6. The number of allylic oxidation sites excluding steroid dienone is 2. The number of nitrogens with zero attached hydrogens (tertiary/aromatic N) is 2. The summed E-state index contributed by atoms with van der Waals surface area (Å²) >= 11 is 0. The summed E-state index contributed by atoms with van der Waals surface area (Å²) in [6.45, 7) is 14.7. The number of aromatic amines is 2. The summed E-state index contributed by atoms with van der Waals surface area (Å²) in [6, 6.07) is 5.92. The van der Waals surface area contributed by atoms with Crippen LogP contribution in [0.2, 0.25) is 0 Å². The highest BCUT2D eigenvalue weighted by molar-refractivity contribution is 6.18. The molecule has 1 unspecified atom stereocenters. The van der Waals surface area contributed by atoms with E-state index in [1.54, 1.807) is 7.11 Å². The van der Waals surface area contributed by atoms with Crippen LogP contribution in [0.25, 0.3) is 33.2 Å². The van der Waals surface area contributed by atoms with E-state index in [0.29, 0.717) is 67.6 Å². The summed E-state index contributed by atoms with van der Waals surface area (Å²) in [5.41, 5.74) is 10.3. The summed E-state index contributed by atoms with van der Waals surface area (Å²) in [7, 11) is 1.63. The number of nitrogens with one attached hydrogen (secondary N) is 2. The van der Waals surface area contributed by atoms with E-state index < -0.39 is 23.8 Å². The average Bonchev–Trinajstić information content (AvgIpc) is 3.79. The predicted octanol–water partition coefficient (Wildman–Crippen LogP) is 7.09. The van der Waals surface area contributed by atoms with Crippen LogP contribution < -0.4 is 0 Å². The van der Waals surface area contributed by atoms with E-state index in [2.05, 4.69) is 23.8 Å². The minimum absolute atomic E-state index is 0.119. The molecule has 3 aromatic rings. The summed E-state index contributed by atoms with van der Waals surface area (Å²) in [6.07, 6.45) is 0.532. The molecule has 3 N–H and O–H groups in total. The number of aliphatic carboxylic acids is 1. The number of aromatic nitrogens is 4. The Kier molecular flexibility index (Phi) is 11.6. The molecular formula is C40H48N4O9. The van der Waals surface area contributed by atoms with Gasteiger partial charge in [-0.3, -0.25) is 9.78 Å². The normalized spacial score (nSPS) is 17.4. The van der Waals surface area contributed by atoms with Gasteiger partial charge < -0.3 is 38.8 Å². The van der Waals surface area contributed by atoms with Crippen LogP contribution in [0, 0.1) is 13.8 Å². The van der Waals surface area contributed by atoms with Gasteiger partial charge in [0.15, 0.2) is 0 Å². The number of carboxylic acid groups (broad SMARTS) is 1. The molecule has 3 aromatic heterocycles. The second-order valence-electron chi connectivity index (χ2n) is 13.7. The topological polar surface area (TPSA) is 175 Å². The Balaban J connectivity index is 1.53. The Morgan fingerprint density at radius 3 is 2.25 bits per heavy atom. The van der Waals surface area contributed by atoms with Crippen LogP contribution in [0.15, 0.2) is 18.2 Å². The average molecular weight is 729 g/mol. The Morgan fingerprint density at radius 1 is 0.887 bits per heavy atom. The van der Waals surface area contributed by atoms with Crippen molar-refractivity contribution in [1.82, 2.24) is 19.9 Å². The van der Waals surface area contributed by atoms with Crippen LogP contribution in [-0.2, 0) is 28.5 Å². The van der Waals surface area contributed by atoms with Crippen LogP contribution in [0.5, 0.6) is 0 Å². The van der Waals surface area contributed by atoms with Gasteiger partial charge in [-0.15, -0.1) is 0 Å². The van der Waals surface area contributed by atoms with Crippen LogP contribution >= 0.6 is 0 Å². The quantitative estimate of drug-likeness (QED) is 0.0828. The minimum Gasteiger partial charge on any atom is -0.481 e. The maximum atomic E-state index is 13.6.